The number of anilines is 2. The number of hydrogen-bond donors (Lipinski definition) is 3. The van der Waals surface area contributed by atoms with Crippen LogP contribution in [0.5, 0.6) is 11.5 Å². The molecule has 1 fully saturated rings. The number of nitrogens with one attached hydrogen (secondary N) is 1. The number of hydrogen-bond acceptors (Lipinski definition) is 7. The van der Waals surface area contributed by atoms with Crippen molar-refractivity contribution >= 4 is 17.3 Å². The number of carbonyl (C=O) groups is 1. The minimum Gasteiger partial charge on any atom is -0.505 e. The highest BCUT2D eigenvalue weighted by atomic mass is 16.5. The molecule has 0 saturated carbocycles. The van der Waals surface area contributed by atoms with Gasteiger partial charge in [-0.1, -0.05) is 6.07 Å². The van der Waals surface area contributed by atoms with Crippen LogP contribution < -0.4 is 20.9 Å². The van der Waals surface area contributed by atoms with Crippen LogP contribution in [0.15, 0.2) is 27.8 Å². The molecule has 2 aromatic rings. The lowest BCUT2D eigenvalue weighted by Gasteiger charge is -2.18. The van der Waals surface area contributed by atoms with E-state index in [9.17, 15) is 24.6 Å². The smallest absolute Gasteiger partial charge is 0.272 e. The van der Waals surface area contributed by atoms with Gasteiger partial charge in [0.25, 0.3) is 16.8 Å². The quantitative estimate of drug-likeness (QED) is 0.531. The molecule has 1 aliphatic heterocycles. The monoisotopic (exact) mass is 332 g/mol. The summed E-state index contributed by atoms with van der Waals surface area (Å²) in [4.78, 5) is 36.8. The molecule has 1 aliphatic rings. The van der Waals surface area contributed by atoms with Crippen molar-refractivity contribution in [1.82, 2.24) is 4.90 Å². The number of benzene rings is 1. The Bertz CT molecular complexity index is 868. The first-order valence-corrected chi connectivity index (χ1v) is 7.37. The molecule has 24 heavy (non-hydrogen) atoms. The molecule has 8 nitrogen and oxygen atoms in total. The molecule has 1 saturated heterocycles. The van der Waals surface area contributed by atoms with E-state index in [0.717, 1.165) is 0 Å². The highest BCUT2D eigenvalue weighted by Crippen LogP contribution is 2.33. The fourth-order valence-electron chi connectivity index (χ4n) is 2.73. The van der Waals surface area contributed by atoms with Crippen LogP contribution >= 0.6 is 0 Å². The molecule has 0 bridgehead atoms. The van der Waals surface area contributed by atoms with Gasteiger partial charge in [-0.3, -0.25) is 14.4 Å². The number of methoxy groups -OCH3 is 1. The van der Waals surface area contributed by atoms with Gasteiger partial charge in [0.1, 0.15) is 5.69 Å². The maximum atomic E-state index is 12.4. The summed E-state index contributed by atoms with van der Waals surface area (Å²) in [7, 11) is 1.26. The van der Waals surface area contributed by atoms with Gasteiger partial charge >= 0.3 is 0 Å². The first kappa shape index (κ1) is 16.0. The summed E-state index contributed by atoms with van der Waals surface area (Å²) in [5.74, 6) is -0.859. The van der Waals surface area contributed by atoms with E-state index in [1.165, 1.54) is 24.1 Å². The van der Waals surface area contributed by atoms with Crippen molar-refractivity contribution in [1.29, 1.82) is 0 Å². The van der Waals surface area contributed by atoms with Gasteiger partial charge < -0.3 is 25.2 Å². The summed E-state index contributed by atoms with van der Waals surface area (Å²) in [6, 6.07) is 4.47. The van der Waals surface area contributed by atoms with Crippen molar-refractivity contribution < 1.29 is 19.7 Å². The van der Waals surface area contributed by atoms with Crippen LogP contribution in [0.3, 0.4) is 0 Å². The van der Waals surface area contributed by atoms with Crippen molar-refractivity contribution in [3.8, 4) is 11.5 Å². The minimum atomic E-state index is -0.745. The third-order valence-corrected chi connectivity index (χ3v) is 4.05. The molecule has 0 aliphatic carbocycles. The average Bonchev–Trinajstić information content (AvgIpc) is 3.01. The first-order valence-electron chi connectivity index (χ1n) is 7.37. The lowest BCUT2D eigenvalue weighted by molar-refractivity contribution is 0.0762. The molecule has 1 heterocycles. The number of amides is 1. The van der Waals surface area contributed by atoms with Crippen LogP contribution in [0.4, 0.5) is 11.4 Å². The molecule has 3 rings (SSSR count). The summed E-state index contributed by atoms with van der Waals surface area (Å²) in [6.45, 7) is 0.616. The number of rotatable bonds is 4. The van der Waals surface area contributed by atoms with Gasteiger partial charge in [-0.2, -0.15) is 0 Å². The molecule has 0 aromatic heterocycles. The number of nitrogens with zero attached hydrogens (tertiary/aromatic N) is 1. The van der Waals surface area contributed by atoms with E-state index in [0.29, 0.717) is 13.0 Å². The third kappa shape index (κ3) is 2.50. The van der Waals surface area contributed by atoms with Gasteiger partial charge in [0, 0.05) is 13.1 Å². The number of aliphatic hydroxyl groups is 1. The molecule has 3 N–H and O–H groups in total. The Kier molecular flexibility index (Phi) is 3.98. The number of ether oxygens (including phenoxy) is 1. The molecule has 0 unspecified atom stereocenters. The van der Waals surface area contributed by atoms with Crippen LogP contribution in [-0.2, 0) is 0 Å². The van der Waals surface area contributed by atoms with E-state index >= 15 is 0 Å². The summed E-state index contributed by atoms with van der Waals surface area (Å²) in [5, 5.41) is 22.5. The number of β-amino-alcohol motifs (C(OH)–C–C–N with tert-alkyl or cyclic N) is 1. The van der Waals surface area contributed by atoms with Gasteiger partial charge in [-0.25, -0.2) is 0 Å². The van der Waals surface area contributed by atoms with Gasteiger partial charge in [-0.05, 0) is 18.6 Å². The van der Waals surface area contributed by atoms with Crippen LogP contribution in [0, 0.1) is 0 Å². The van der Waals surface area contributed by atoms with Gasteiger partial charge in [-0.15, -0.1) is 0 Å². The maximum Gasteiger partial charge on any atom is 0.272 e. The molecule has 1 amide bonds. The van der Waals surface area contributed by atoms with Crippen LogP contribution in [0.2, 0.25) is 0 Å². The molecule has 1 atom stereocenters. The Morgan fingerprint density at radius 1 is 1.33 bits per heavy atom. The standard InChI is InChI=1S/C16H16N2O6/c1-24-15-11(13(21)14(15)22)17-10-4-2-3-9(12(10)20)16(23)18-6-5-8(19)7-18/h2-4,8,17,19-20H,5-7H2,1H3/t8-/m0/s1. The predicted molar refractivity (Wildman–Crippen MR) is 85.8 cm³/mol. The predicted octanol–water partition coefficient (Wildman–Crippen LogP) is -0.0528. The molecular formula is C16H16N2O6. The lowest BCUT2D eigenvalue weighted by atomic mass is 10.1. The largest absolute Gasteiger partial charge is 0.505 e. The molecule has 0 radical (unpaired) electrons. The fourth-order valence-corrected chi connectivity index (χ4v) is 2.73. The fraction of sp³-hybridized carbons (Fsp3) is 0.312. The highest BCUT2D eigenvalue weighted by Gasteiger charge is 2.28. The zero-order valence-electron chi connectivity index (χ0n) is 12.9. The Morgan fingerprint density at radius 3 is 2.71 bits per heavy atom. The van der Waals surface area contributed by atoms with Gasteiger partial charge in [0.15, 0.2) is 11.5 Å². The van der Waals surface area contributed by atoms with Crippen molar-refractivity contribution in [2.45, 2.75) is 12.5 Å². The van der Waals surface area contributed by atoms with E-state index in [1.54, 1.807) is 6.07 Å². The number of carbonyl (C=O) groups excluding carboxylic acids is 1. The average molecular weight is 332 g/mol. The van der Waals surface area contributed by atoms with E-state index < -0.39 is 22.9 Å². The normalized spacial score (nSPS) is 17.2. The Balaban J connectivity index is 1.89. The Hall–Kier alpha value is -2.87. The minimum absolute atomic E-state index is 0.0479. The summed E-state index contributed by atoms with van der Waals surface area (Å²) in [6.07, 6.45) is -0.0732. The summed E-state index contributed by atoms with van der Waals surface area (Å²) < 4.78 is 4.83. The number of phenolic OH excluding ortho intramolecular Hbond substituents is 1. The van der Waals surface area contributed by atoms with Crippen molar-refractivity contribution in [2.75, 3.05) is 25.5 Å². The van der Waals surface area contributed by atoms with Crippen LogP contribution in [0.1, 0.15) is 16.8 Å². The number of likely N-dealkylation sites (tertiary alicyclic amines) is 1. The van der Waals surface area contributed by atoms with E-state index in [2.05, 4.69) is 5.32 Å². The summed E-state index contributed by atoms with van der Waals surface area (Å²) >= 11 is 0. The number of phenols is 1. The van der Waals surface area contributed by atoms with E-state index in [1.807, 2.05) is 0 Å². The molecular weight excluding hydrogens is 316 g/mol. The Morgan fingerprint density at radius 2 is 2.08 bits per heavy atom. The SMILES string of the molecule is COc1c(Nc2cccc(C(=O)N3CC[C@H](O)C3)c2O)c(=O)c1=O. The van der Waals surface area contributed by atoms with E-state index in [-0.39, 0.29) is 35.0 Å². The van der Waals surface area contributed by atoms with Crippen LogP contribution in [0.25, 0.3) is 0 Å². The first-order chi connectivity index (χ1) is 11.4. The van der Waals surface area contributed by atoms with Crippen LogP contribution in [-0.4, -0.2) is 47.3 Å². The number of aromatic hydroxyl groups is 1. The van der Waals surface area contributed by atoms with Gasteiger partial charge in [0.05, 0.1) is 24.5 Å². The van der Waals surface area contributed by atoms with Gasteiger partial charge in [0.2, 0.25) is 0 Å². The molecule has 8 heteroatoms. The zero-order chi connectivity index (χ0) is 17.4. The van der Waals surface area contributed by atoms with E-state index in [4.69, 9.17) is 4.74 Å². The second kappa shape index (κ2) is 5.97. The second-order valence-corrected chi connectivity index (χ2v) is 5.59. The molecule has 2 aromatic carbocycles. The lowest BCUT2D eigenvalue weighted by Crippen LogP contribution is -2.34. The molecule has 126 valence electrons. The Labute approximate surface area is 136 Å². The topological polar surface area (TPSA) is 116 Å². The molecule has 0 spiro atoms. The highest BCUT2D eigenvalue weighted by molar-refractivity contribution is 5.99. The second-order valence-electron chi connectivity index (χ2n) is 5.59. The summed E-state index contributed by atoms with van der Waals surface area (Å²) in [5.41, 5.74) is -1.37. The third-order valence-electron chi connectivity index (χ3n) is 4.05. The zero-order valence-corrected chi connectivity index (χ0v) is 12.9. The van der Waals surface area contributed by atoms with Crippen molar-refractivity contribution in [3.05, 3.63) is 44.2 Å². The van der Waals surface area contributed by atoms with Crippen molar-refractivity contribution in [3.63, 3.8) is 0 Å². The maximum absolute atomic E-state index is 12.4. The number of para-hydroxylation sites is 1. The van der Waals surface area contributed by atoms with Crippen molar-refractivity contribution in [2.24, 2.45) is 0 Å². The number of aliphatic hydroxyl groups excluding tert-OH is 1.